The van der Waals surface area contributed by atoms with E-state index in [1.54, 1.807) is 51.1 Å². The van der Waals surface area contributed by atoms with Gasteiger partial charge < -0.3 is 14.2 Å². The Bertz CT molecular complexity index is 1790. The predicted octanol–water partition coefficient (Wildman–Crippen LogP) is 3.57. The normalized spacial score (nSPS) is 18.7. The highest BCUT2D eigenvalue weighted by Gasteiger charge is 2.37. The molecule has 1 aromatic heterocycles. The Morgan fingerprint density at radius 2 is 1.78 bits per heavy atom. The summed E-state index contributed by atoms with van der Waals surface area (Å²) in [5, 5.41) is 5.79. The summed E-state index contributed by atoms with van der Waals surface area (Å²) in [7, 11) is 3.03. The van der Waals surface area contributed by atoms with Crippen LogP contribution >= 0.6 is 27.3 Å². The Hall–Kier alpha value is -4.03. The lowest BCUT2D eigenvalue weighted by atomic mass is 9.95. The number of ether oxygens (including phenoxy) is 3. The van der Waals surface area contributed by atoms with E-state index in [2.05, 4.69) is 26.0 Å². The molecule has 0 spiro atoms. The summed E-state index contributed by atoms with van der Waals surface area (Å²) in [6.45, 7) is 5.33. The number of hydrazone groups is 1. The van der Waals surface area contributed by atoms with Crippen LogP contribution in [0.15, 0.2) is 73.1 Å². The van der Waals surface area contributed by atoms with Crippen molar-refractivity contribution in [2.24, 2.45) is 16.0 Å². The minimum atomic E-state index is -0.878. The molecule has 5 rings (SSSR count). The lowest BCUT2D eigenvalue weighted by Crippen LogP contribution is -2.40. The summed E-state index contributed by atoms with van der Waals surface area (Å²) >= 11 is 4.74. The summed E-state index contributed by atoms with van der Waals surface area (Å²) in [4.78, 5) is 45.6. The van der Waals surface area contributed by atoms with Crippen LogP contribution in [0, 0.1) is 5.92 Å². The fourth-order valence-corrected chi connectivity index (χ4v) is 6.45. The summed E-state index contributed by atoms with van der Waals surface area (Å²) in [5.74, 6) is -0.667. The summed E-state index contributed by atoms with van der Waals surface area (Å²) in [5.41, 5.74) is 2.04. The van der Waals surface area contributed by atoms with Crippen molar-refractivity contribution in [2.75, 3.05) is 25.8 Å². The monoisotopic (exact) mass is 638 g/mol. The zero-order chi connectivity index (χ0) is 29.4. The maximum Gasteiger partial charge on any atom is 0.338 e. The van der Waals surface area contributed by atoms with Crippen LogP contribution in [0.4, 0.5) is 5.69 Å². The Kier molecular flexibility index (Phi) is 7.96. The van der Waals surface area contributed by atoms with E-state index in [9.17, 15) is 14.4 Å². The molecule has 2 atom stereocenters. The minimum absolute atomic E-state index is 0.153. The number of allylic oxidation sites excluding steroid dienone is 1. The third-order valence-corrected chi connectivity index (χ3v) is 8.50. The third-order valence-electron chi connectivity index (χ3n) is 6.82. The number of fused-ring (bicyclic) bond motifs is 1. The second kappa shape index (κ2) is 11.5. The van der Waals surface area contributed by atoms with E-state index < -0.39 is 23.5 Å². The number of nitrogens with zero attached hydrogens (tertiary/aromatic N) is 4. The van der Waals surface area contributed by atoms with Crippen molar-refractivity contribution in [1.29, 1.82) is 0 Å². The van der Waals surface area contributed by atoms with Crippen LogP contribution in [0.25, 0.3) is 6.08 Å². The molecule has 3 aromatic rings. The molecule has 2 aliphatic heterocycles. The number of carbonyl (C=O) groups is 2. The van der Waals surface area contributed by atoms with Crippen LogP contribution in [0.2, 0.25) is 0 Å². The molecule has 212 valence electrons. The van der Waals surface area contributed by atoms with Crippen molar-refractivity contribution >= 4 is 56.6 Å². The average Bonchev–Trinajstić information content (AvgIpc) is 3.42. The van der Waals surface area contributed by atoms with Crippen molar-refractivity contribution in [3.05, 3.63) is 83.5 Å². The molecule has 3 heterocycles. The number of methoxy groups -OCH3 is 2. The molecule has 0 aliphatic carbocycles. The maximum atomic E-state index is 14.0. The van der Waals surface area contributed by atoms with Crippen LogP contribution < -0.4 is 29.4 Å². The molecule has 10 nitrogen and oxygen atoms in total. The zero-order valence-corrected chi connectivity index (χ0v) is 25.4. The molecule has 0 bridgehead atoms. The highest BCUT2D eigenvalue weighted by Crippen LogP contribution is 2.40. The molecular formula is C29H27BrN4O6S. The largest absolute Gasteiger partial charge is 0.493 e. The molecule has 0 fully saturated rings. The van der Waals surface area contributed by atoms with E-state index in [1.165, 1.54) is 23.8 Å². The zero-order valence-electron chi connectivity index (χ0n) is 23.0. The van der Waals surface area contributed by atoms with E-state index in [1.807, 2.05) is 18.2 Å². The van der Waals surface area contributed by atoms with Gasteiger partial charge in [-0.2, -0.15) is 10.1 Å². The van der Waals surface area contributed by atoms with Crippen molar-refractivity contribution in [3.8, 4) is 11.5 Å². The number of hydrogen-bond donors (Lipinski definition) is 0. The molecule has 0 radical (unpaired) electrons. The van der Waals surface area contributed by atoms with Gasteiger partial charge in [-0.05, 0) is 56.7 Å². The highest BCUT2D eigenvalue weighted by molar-refractivity contribution is 9.10. The first-order valence-corrected chi connectivity index (χ1v) is 14.4. The van der Waals surface area contributed by atoms with Gasteiger partial charge in [-0.15, -0.1) is 0 Å². The molecule has 12 heteroatoms. The number of thiazole rings is 1. The number of carbonyl (C=O) groups excluding carboxylic acids is 2. The van der Waals surface area contributed by atoms with E-state index in [-0.39, 0.29) is 18.1 Å². The fourth-order valence-electron chi connectivity index (χ4n) is 4.86. The van der Waals surface area contributed by atoms with Crippen LogP contribution in [0.1, 0.15) is 32.4 Å². The van der Waals surface area contributed by atoms with Gasteiger partial charge in [-0.1, -0.05) is 45.5 Å². The quantitative estimate of drug-likeness (QED) is 0.366. The van der Waals surface area contributed by atoms with Crippen molar-refractivity contribution in [3.63, 3.8) is 0 Å². The Morgan fingerprint density at radius 1 is 1.10 bits per heavy atom. The van der Waals surface area contributed by atoms with Gasteiger partial charge in [-0.25, -0.2) is 9.79 Å². The molecular weight excluding hydrogens is 612 g/mol. The number of rotatable bonds is 7. The number of benzene rings is 2. The summed E-state index contributed by atoms with van der Waals surface area (Å²) in [6, 6.07) is 11.7. The van der Waals surface area contributed by atoms with Crippen molar-refractivity contribution < 1.29 is 23.8 Å². The van der Waals surface area contributed by atoms with E-state index >= 15 is 0 Å². The smallest absolute Gasteiger partial charge is 0.338 e. The Balaban J connectivity index is 1.68. The van der Waals surface area contributed by atoms with Gasteiger partial charge in [0, 0.05) is 4.47 Å². The number of esters is 1. The van der Waals surface area contributed by atoms with E-state index in [4.69, 9.17) is 14.2 Å². The van der Waals surface area contributed by atoms with Crippen LogP contribution in [-0.2, 0) is 14.3 Å². The molecule has 0 unspecified atom stereocenters. The van der Waals surface area contributed by atoms with E-state index in [0.717, 1.165) is 11.3 Å². The first-order chi connectivity index (χ1) is 19.7. The Morgan fingerprint density at radius 3 is 2.44 bits per heavy atom. The summed E-state index contributed by atoms with van der Waals surface area (Å²) < 4.78 is 18.7. The van der Waals surface area contributed by atoms with Crippen molar-refractivity contribution in [1.82, 2.24) is 4.57 Å². The maximum absolute atomic E-state index is 14.0. The minimum Gasteiger partial charge on any atom is -0.493 e. The van der Waals surface area contributed by atoms with Gasteiger partial charge in [-0.3, -0.25) is 14.2 Å². The molecule has 2 aromatic carbocycles. The van der Waals surface area contributed by atoms with Gasteiger partial charge in [0.25, 0.3) is 11.5 Å². The van der Waals surface area contributed by atoms with Crippen molar-refractivity contribution in [2.45, 2.75) is 26.8 Å². The molecule has 0 saturated heterocycles. The number of anilines is 1. The standard InChI is InChI=1S/C29H27BrN4O6S/c1-6-40-28(37)24-16(3)31-29-33(25(24)19-12-21(38-4)22(39-5)14-20(19)30)27(36)23(41-29)13-18-15(2)32-34(26(18)35)17-10-8-7-9-11-17/h7-14,18,25H,6H2,1-5H3/b23-13+/t18-,25-/m1/s1. The lowest BCUT2D eigenvalue weighted by molar-refractivity contribution is -0.139. The van der Waals surface area contributed by atoms with Gasteiger partial charge >= 0.3 is 5.97 Å². The second-order valence-corrected chi connectivity index (χ2v) is 11.1. The number of aromatic nitrogens is 1. The average molecular weight is 640 g/mol. The molecule has 41 heavy (non-hydrogen) atoms. The number of para-hydroxylation sites is 1. The third kappa shape index (κ3) is 5.02. The van der Waals surface area contributed by atoms with Gasteiger partial charge in [0.05, 0.1) is 54.1 Å². The van der Waals surface area contributed by atoms with Gasteiger partial charge in [0.1, 0.15) is 5.92 Å². The first kappa shape index (κ1) is 28.5. The number of hydrogen-bond acceptors (Lipinski definition) is 9. The van der Waals surface area contributed by atoms with Crippen LogP contribution in [0.3, 0.4) is 0 Å². The van der Waals surface area contributed by atoms with Gasteiger partial charge in [0.15, 0.2) is 16.3 Å². The highest BCUT2D eigenvalue weighted by atomic mass is 79.9. The SMILES string of the molecule is CCOC(=O)C1=C(C)N=c2s/c(=C/[C@H]3C(=O)N(c4ccccc4)N=C3C)c(=O)n2[C@@H]1c1cc(OC)c(OC)cc1Br. The first-order valence-electron chi connectivity index (χ1n) is 12.7. The topological polar surface area (TPSA) is 112 Å². The fraction of sp³-hybridized carbons (Fsp3) is 0.276. The van der Waals surface area contributed by atoms with Gasteiger partial charge in [0.2, 0.25) is 0 Å². The number of amides is 1. The molecule has 0 saturated carbocycles. The predicted molar refractivity (Wildman–Crippen MR) is 159 cm³/mol. The lowest BCUT2D eigenvalue weighted by Gasteiger charge is -2.26. The summed E-state index contributed by atoms with van der Waals surface area (Å²) in [6.07, 6.45) is 1.62. The molecule has 1 amide bonds. The second-order valence-electron chi connectivity index (χ2n) is 9.26. The molecule has 2 aliphatic rings. The van der Waals surface area contributed by atoms with Crippen LogP contribution in [0.5, 0.6) is 11.5 Å². The Labute approximate surface area is 248 Å². The number of halogens is 1. The van der Waals surface area contributed by atoms with Crippen LogP contribution in [-0.4, -0.2) is 43.0 Å². The molecule has 0 N–H and O–H groups in total. The van der Waals surface area contributed by atoms with E-state index in [0.29, 0.717) is 48.0 Å².